The number of nitrogens with one attached hydrogen (secondary N) is 1. The van der Waals surface area contributed by atoms with Gasteiger partial charge >= 0.3 is 0 Å². The molecule has 18 heavy (non-hydrogen) atoms. The van der Waals surface area contributed by atoms with Crippen molar-refractivity contribution in [3.8, 4) is 0 Å². The quantitative estimate of drug-likeness (QED) is 0.739. The molecule has 3 N–H and O–H groups in total. The summed E-state index contributed by atoms with van der Waals surface area (Å²) < 4.78 is 5.32. The number of carbonyl (C=O) groups excluding carboxylic acids is 1. The topological polar surface area (TPSA) is 67.6 Å². The second-order valence-corrected chi connectivity index (χ2v) is 6.19. The van der Waals surface area contributed by atoms with Crippen molar-refractivity contribution < 1.29 is 9.53 Å². The molecule has 2 unspecified atom stereocenters. The van der Waals surface area contributed by atoms with E-state index >= 15 is 0 Å². The van der Waals surface area contributed by atoms with Crippen molar-refractivity contribution in [3.63, 3.8) is 0 Å². The maximum atomic E-state index is 12.3. The number of ether oxygens (including phenoxy) is 1. The molecule has 1 aliphatic carbocycles. The summed E-state index contributed by atoms with van der Waals surface area (Å²) in [6.45, 7) is 3.50. The van der Waals surface area contributed by atoms with E-state index in [1.807, 2.05) is 6.92 Å². The van der Waals surface area contributed by atoms with Crippen LogP contribution in [0.1, 0.15) is 26.2 Å². The molecule has 0 aromatic carbocycles. The fourth-order valence-corrected chi connectivity index (χ4v) is 2.74. The lowest BCUT2D eigenvalue weighted by Crippen LogP contribution is -2.59. The van der Waals surface area contributed by atoms with E-state index in [9.17, 15) is 4.79 Å². The van der Waals surface area contributed by atoms with Crippen molar-refractivity contribution >= 4 is 5.91 Å². The van der Waals surface area contributed by atoms with Crippen LogP contribution >= 0.6 is 0 Å². The molecule has 1 saturated heterocycles. The molecule has 1 aliphatic heterocycles. The second-order valence-electron chi connectivity index (χ2n) is 6.19. The van der Waals surface area contributed by atoms with E-state index < -0.39 is 5.41 Å². The Hall–Kier alpha value is -0.650. The zero-order valence-electron chi connectivity index (χ0n) is 11.7. The summed E-state index contributed by atoms with van der Waals surface area (Å²) in [6, 6.07) is -0.200. The van der Waals surface area contributed by atoms with E-state index in [1.54, 1.807) is 0 Å². The predicted octanol–water partition coefficient (Wildman–Crippen LogP) is -0.0493. The number of nitrogens with zero attached hydrogens (tertiary/aromatic N) is 1. The maximum absolute atomic E-state index is 12.3. The highest BCUT2D eigenvalue weighted by atomic mass is 16.5. The third-order valence-corrected chi connectivity index (χ3v) is 4.85. The number of rotatable bonds is 4. The third-order valence-electron chi connectivity index (χ3n) is 4.85. The Labute approximate surface area is 109 Å². The van der Waals surface area contributed by atoms with Crippen LogP contribution < -0.4 is 11.1 Å². The third kappa shape index (κ3) is 2.15. The first-order valence-electron chi connectivity index (χ1n) is 6.70. The van der Waals surface area contributed by atoms with Gasteiger partial charge in [-0.15, -0.1) is 0 Å². The minimum atomic E-state index is -0.572. The van der Waals surface area contributed by atoms with E-state index in [4.69, 9.17) is 10.5 Å². The standard InChI is InChI=1S/C13H25N3O2/c1-12(9-18-7-10(12)14)11(17)15-8-13(16(2)3)5-4-6-13/h10H,4-9,14H2,1-3H3,(H,15,17). The lowest BCUT2D eigenvalue weighted by atomic mass is 9.75. The summed E-state index contributed by atoms with van der Waals surface area (Å²) >= 11 is 0. The monoisotopic (exact) mass is 255 g/mol. The highest BCUT2D eigenvalue weighted by Crippen LogP contribution is 2.36. The first-order chi connectivity index (χ1) is 8.41. The number of hydrogen-bond donors (Lipinski definition) is 2. The molecule has 104 valence electrons. The van der Waals surface area contributed by atoms with Gasteiger partial charge in [0.1, 0.15) is 0 Å². The molecule has 5 heteroatoms. The van der Waals surface area contributed by atoms with Crippen molar-refractivity contribution in [2.45, 2.75) is 37.8 Å². The van der Waals surface area contributed by atoms with Gasteiger partial charge in [-0.2, -0.15) is 0 Å². The molecule has 2 aliphatic rings. The number of amides is 1. The molecule has 1 amide bonds. The largest absolute Gasteiger partial charge is 0.379 e. The average molecular weight is 255 g/mol. The van der Waals surface area contributed by atoms with Crippen molar-refractivity contribution in [3.05, 3.63) is 0 Å². The minimum absolute atomic E-state index is 0.0284. The average Bonchev–Trinajstić information content (AvgIpc) is 2.58. The molecule has 0 spiro atoms. The van der Waals surface area contributed by atoms with Crippen molar-refractivity contribution in [2.75, 3.05) is 33.9 Å². The lowest BCUT2D eigenvalue weighted by Gasteiger charge is -2.47. The van der Waals surface area contributed by atoms with Crippen molar-refractivity contribution in [1.82, 2.24) is 10.2 Å². The molecular formula is C13H25N3O2. The van der Waals surface area contributed by atoms with Crippen LogP contribution in [0.5, 0.6) is 0 Å². The van der Waals surface area contributed by atoms with E-state index in [1.165, 1.54) is 6.42 Å². The molecule has 1 heterocycles. The van der Waals surface area contributed by atoms with Crippen LogP contribution in [0.15, 0.2) is 0 Å². The van der Waals surface area contributed by atoms with Gasteiger partial charge in [0.15, 0.2) is 0 Å². The van der Waals surface area contributed by atoms with Gasteiger partial charge in [-0.05, 0) is 40.3 Å². The summed E-state index contributed by atoms with van der Waals surface area (Å²) in [7, 11) is 4.16. The van der Waals surface area contributed by atoms with E-state index in [2.05, 4.69) is 24.3 Å². The molecule has 2 rings (SSSR count). The molecule has 5 nitrogen and oxygen atoms in total. The number of hydrogen-bond acceptors (Lipinski definition) is 4. The highest BCUT2D eigenvalue weighted by Gasteiger charge is 2.46. The maximum Gasteiger partial charge on any atom is 0.230 e. The van der Waals surface area contributed by atoms with E-state index in [0.717, 1.165) is 12.8 Å². The summed E-state index contributed by atoms with van der Waals surface area (Å²) in [6.07, 6.45) is 3.55. The summed E-state index contributed by atoms with van der Waals surface area (Å²) in [4.78, 5) is 14.5. The number of carbonyl (C=O) groups is 1. The highest BCUT2D eigenvalue weighted by molar-refractivity contribution is 5.83. The van der Waals surface area contributed by atoms with Crippen LogP contribution in [-0.2, 0) is 9.53 Å². The Morgan fingerprint density at radius 2 is 2.17 bits per heavy atom. The first kappa shape index (κ1) is 13.8. The van der Waals surface area contributed by atoms with Gasteiger partial charge in [-0.25, -0.2) is 0 Å². The molecule has 2 fully saturated rings. The molecule has 2 atom stereocenters. The first-order valence-corrected chi connectivity index (χ1v) is 6.70. The SMILES string of the molecule is CN(C)C1(CNC(=O)C2(C)COCC2N)CCC1. The Bertz CT molecular complexity index is 328. The number of likely N-dealkylation sites (N-methyl/N-ethyl adjacent to an activating group) is 1. The fraction of sp³-hybridized carbons (Fsp3) is 0.923. The van der Waals surface area contributed by atoms with Gasteiger partial charge < -0.3 is 20.7 Å². The van der Waals surface area contributed by atoms with Crippen LogP contribution in [0.2, 0.25) is 0 Å². The van der Waals surface area contributed by atoms with Gasteiger partial charge in [0.25, 0.3) is 0 Å². The van der Waals surface area contributed by atoms with Crippen LogP contribution in [0.25, 0.3) is 0 Å². The smallest absolute Gasteiger partial charge is 0.230 e. The number of nitrogens with two attached hydrogens (primary N) is 1. The zero-order valence-corrected chi connectivity index (χ0v) is 11.7. The zero-order chi connectivity index (χ0) is 13.4. The normalized spacial score (nSPS) is 34.4. The van der Waals surface area contributed by atoms with Crippen LogP contribution in [0.3, 0.4) is 0 Å². The van der Waals surface area contributed by atoms with E-state index in [-0.39, 0.29) is 17.5 Å². The van der Waals surface area contributed by atoms with E-state index in [0.29, 0.717) is 19.8 Å². The molecule has 1 saturated carbocycles. The van der Waals surface area contributed by atoms with Crippen LogP contribution in [-0.4, -0.2) is 56.2 Å². The molecule has 0 radical (unpaired) electrons. The Balaban J connectivity index is 1.92. The van der Waals surface area contributed by atoms with Crippen molar-refractivity contribution in [1.29, 1.82) is 0 Å². The second kappa shape index (κ2) is 4.79. The van der Waals surface area contributed by atoms with Gasteiger partial charge in [-0.3, -0.25) is 4.79 Å². The van der Waals surface area contributed by atoms with Crippen LogP contribution in [0.4, 0.5) is 0 Å². The Morgan fingerprint density at radius 1 is 1.50 bits per heavy atom. The minimum Gasteiger partial charge on any atom is -0.379 e. The Kier molecular flexibility index (Phi) is 3.67. The summed E-state index contributed by atoms with van der Waals surface area (Å²) in [5, 5.41) is 3.08. The summed E-state index contributed by atoms with van der Waals surface area (Å²) in [5.41, 5.74) is 5.54. The molecule has 0 aromatic rings. The fourth-order valence-electron chi connectivity index (χ4n) is 2.74. The molecule has 0 bridgehead atoms. The molecular weight excluding hydrogens is 230 g/mol. The van der Waals surface area contributed by atoms with Gasteiger partial charge in [-0.1, -0.05) is 0 Å². The Morgan fingerprint density at radius 3 is 2.56 bits per heavy atom. The predicted molar refractivity (Wildman–Crippen MR) is 70.2 cm³/mol. The van der Waals surface area contributed by atoms with Crippen molar-refractivity contribution in [2.24, 2.45) is 11.1 Å². The summed E-state index contributed by atoms with van der Waals surface area (Å²) in [5.74, 6) is 0.0284. The lowest BCUT2D eigenvalue weighted by molar-refractivity contribution is -0.131. The van der Waals surface area contributed by atoms with Gasteiger partial charge in [0.2, 0.25) is 5.91 Å². The van der Waals surface area contributed by atoms with Gasteiger partial charge in [0, 0.05) is 18.1 Å². The molecule has 0 aromatic heterocycles. The van der Waals surface area contributed by atoms with Crippen LogP contribution in [0, 0.1) is 5.41 Å². The van der Waals surface area contributed by atoms with Gasteiger partial charge in [0.05, 0.1) is 18.6 Å².